The molecule has 7 heteroatoms. The predicted molar refractivity (Wildman–Crippen MR) is 115 cm³/mol. The highest BCUT2D eigenvalue weighted by molar-refractivity contribution is 5.74. The van der Waals surface area contributed by atoms with Crippen molar-refractivity contribution in [2.75, 3.05) is 77.6 Å². The smallest absolute Gasteiger partial charge is 0.253 e. The molecule has 0 saturated carbocycles. The molecule has 0 radical (unpaired) electrons. The minimum absolute atomic E-state index is 0.161. The Balaban J connectivity index is 1.70. The quantitative estimate of drug-likeness (QED) is 0.615. The Kier molecular flexibility index (Phi) is 6.83. The van der Waals surface area contributed by atoms with E-state index in [1.807, 2.05) is 37.2 Å². The van der Waals surface area contributed by atoms with Crippen LogP contribution >= 0.6 is 0 Å². The molecule has 0 aliphatic carbocycles. The van der Waals surface area contributed by atoms with Gasteiger partial charge in [0.1, 0.15) is 11.4 Å². The molecular weight excluding hydrogens is 354 g/mol. The number of anilines is 2. The van der Waals surface area contributed by atoms with Crippen molar-refractivity contribution in [2.24, 2.45) is 0 Å². The van der Waals surface area contributed by atoms with Crippen LogP contribution in [0.2, 0.25) is 0 Å². The lowest BCUT2D eigenvalue weighted by molar-refractivity contribution is 0.116. The lowest BCUT2D eigenvalue weighted by Crippen LogP contribution is -2.48. The molecule has 0 amide bonds. The van der Waals surface area contributed by atoms with Gasteiger partial charge >= 0.3 is 0 Å². The molecule has 0 unspecified atom stereocenters. The number of hydrogen-bond donors (Lipinski definition) is 2. The summed E-state index contributed by atoms with van der Waals surface area (Å²) in [6, 6.07) is 10.5. The van der Waals surface area contributed by atoms with Crippen molar-refractivity contribution < 1.29 is 0 Å². The van der Waals surface area contributed by atoms with Crippen molar-refractivity contribution in [3.63, 3.8) is 0 Å². The first-order valence-corrected chi connectivity index (χ1v) is 9.90. The summed E-state index contributed by atoms with van der Waals surface area (Å²) >= 11 is 0. The largest absolute Gasteiger partial charge is 0.379 e. The number of piperazine rings is 1. The van der Waals surface area contributed by atoms with Crippen molar-refractivity contribution >= 4 is 11.4 Å². The van der Waals surface area contributed by atoms with Crippen LogP contribution in [-0.4, -0.2) is 81.7 Å². The zero-order chi connectivity index (χ0) is 20.1. The van der Waals surface area contributed by atoms with Crippen LogP contribution < -0.4 is 21.5 Å². The molecule has 0 bridgehead atoms. The average molecular weight is 386 g/mol. The van der Waals surface area contributed by atoms with E-state index in [2.05, 4.69) is 39.6 Å². The first kappa shape index (κ1) is 20.5. The summed E-state index contributed by atoms with van der Waals surface area (Å²) in [5, 5.41) is 6.39. The van der Waals surface area contributed by atoms with E-state index in [-0.39, 0.29) is 6.04 Å². The summed E-state index contributed by atoms with van der Waals surface area (Å²) < 4.78 is 0. The van der Waals surface area contributed by atoms with Gasteiger partial charge in [-0.3, -0.25) is 14.5 Å². The summed E-state index contributed by atoms with van der Waals surface area (Å²) in [4.78, 5) is 30.9. The molecule has 2 aromatic rings. The molecule has 2 aromatic carbocycles. The molecule has 1 fully saturated rings. The Labute approximate surface area is 166 Å². The highest BCUT2D eigenvalue weighted by Gasteiger charge is 2.26. The van der Waals surface area contributed by atoms with E-state index >= 15 is 0 Å². The molecule has 1 saturated heterocycles. The van der Waals surface area contributed by atoms with E-state index < -0.39 is 10.9 Å². The molecular formula is C21H31N5O2. The molecule has 1 aliphatic heterocycles. The maximum absolute atomic E-state index is 12.1. The summed E-state index contributed by atoms with van der Waals surface area (Å²) in [6.07, 6.45) is 0. The second-order valence-electron chi connectivity index (χ2n) is 7.78. The monoisotopic (exact) mass is 385 g/mol. The summed E-state index contributed by atoms with van der Waals surface area (Å²) in [7, 11) is 6.09. The second-order valence-corrected chi connectivity index (χ2v) is 7.78. The van der Waals surface area contributed by atoms with Crippen LogP contribution in [0.3, 0.4) is 0 Å². The maximum atomic E-state index is 12.1. The Bertz CT molecular complexity index is 821. The molecule has 152 valence electrons. The molecule has 1 atom stereocenters. The molecule has 0 aromatic heterocycles. The first-order chi connectivity index (χ1) is 13.5. The SMILES string of the molecule is CN(C)CCNc1c(NC[C@H](c2ccccc2)N2CCN(C)CC2)c(=O)c1=O. The Hall–Kier alpha value is -2.22. The Morgan fingerprint density at radius 1 is 0.964 bits per heavy atom. The van der Waals surface area contributed by atoms with Crippen LogP contribution in [0.25, 0.3) is 0 Å². The van der Waals surface area contributed by atoms with Crippen LogP contribution in [0.15, 0.2) is 39.9 Å². The molecule has 1 aliphatic rings. The van der Waals surface area contributed by atoms with E-state index in [1.54, 1.807) is 0 Å². The minimum Gasteiger partial charge on any atom is -0.379 e. The first-order valence-electron chi connectivity index (χ1n) is 9.90. The van der Waals surface area contributed by atoms with Gasteiger partial charge in [-0.15, -0.1) is 0 Å². The number of nitrogens with one attached hydrogen (secondary N) is 2. The van der Waals surface area contributed by atoms with Crippen LogP contribution in [0.1, 0.15) is 11.6 Å². The predicted octanol–water partition coefficient (Wildman–Crippen LogP) is 0.657. The lowest BCUT2D eigenvalue weighted by Gasteiger charge is -2.38. The number of nitrogens with zero attached hydrogens (tertiary/aromatic N) is 3. The lowest BCUT2D eigenvalue weighted by atomic mass is 10.0. The van der Waals surface area contributed by atoms with Gasteiger partial charge in [-0.05, 0) is 26.7 Å². The van der Waals surface area contributed by atoms with Gasteiger partial charge in [-0.25, -0.2) is 0 Å². The van der Waals surface area contributed by atoms with Crippen LogP contribution in [-0.2, 0) is 0 Å². The maximum Gasteiger partial charge on any atom is 0.253 e. The number of benzene rings is 1. The third kappa shape index (κ3) is 4.79. The zero-order valence-electron chi connectivity index (χ0n) is 17.1. The van der Waals surface area contributed by atoms with E-state index in [0.717, 1.165) is 32.7 Å². The number of rotatable bonds is 9. The normalized spacial score (nSPS) is 17.1. The van der Waals surface area contributed by atoms with Crippen molar-refractivity contribution in [1.82, 2.24) is 14.7 Å². The van der Waals surface area contributed by atoms with Gasteiger partial charge in [-0.1, -0.05) is 30.3 Å². The van der Waals surface area contributed by atoms with Gasteiger partial charge in [0.25, 0.3) is 10.9 Å². The average Bonchev–Trinajstić information content (AvgIpc) is 2.70. The van der Waals surface area contributed by atoms with E-state index in [1.165, 1.54) is 5.56 Å². The summed E-state index contributed by atoms with van der Waals surface area (Å²) in [5.74, 6) is 0. The van der Waals surface area contributed by atoms with Crippen LogP contribution in [0.4, 0.5) is 11.4 Å². The van der Waals surface area contributed by atoms with Crippen LogP contribution in [0.5, 0.6) is 0 Å². The molecule has 3 rings (SSSR count). The third-order valence-corrected chi connectivity index (χ3v) is 5.41. The van der Waals surface area contributed by atoms with Gasteiger partial charge in [0.2, 0.25) is 0 Å². The Morgan fingerprint density at radius 2 is 1.57 bits per heavy atom. The molecule has 2 N–H and O–H groups in total. The fourth-order valence-electron chi connectivity index (χ4n) is 3.60. The van der Waals surface area contributed by atoms with Crippen molar-refractivity contribution in [2.45, 2.75) is 6.04 Å². The van der Waals surface area contributed by atoms with Gasteiger partial charge < -0.3 is 20.4 Å². The fourth-order valence-corrected chi connectivity index (χ4v) is 3.60. The molecule has 7 nitrogen and oxygen atoms in total. The van der Waals surface area contributed by atoms with E-state index in [4.69, 9.17) is 0 Å². The number of hydrogen-bond acceptors (Lipinski definition) is 7. The van der Waals surface area contributed by atoms with Gasteiger partial charge in [0.05, 0.1) is 6.04 Å². The van der Waals surface area contributed by atoms with Crippen LogP contribution in [0, 0.1) is 0 Å². The molecule has 0 spiro atoms. The Morgan fingerprint density at radius 3 is 2.18 bits per heavy atom. The second kappa shape index (κ2) is 9.32. The van der Waals surface area contributed by atoms with Gasteiger partial charge in [0, 0.05) is 45.8 Å². The number of likely N-dealkylation sites (N-methyl/N-ethyl adjacent to an activating group) is 2. The highest BCUT2D eigenvalue weighted by atomic mass is 16.2. The molecule has 28 heavy (non-hydrogen) atoms. The van der Waals surface area contributed by atoms with E-state index in [0.29, 0.717) is 24.5 Å². The highest BCUT2D eigenvalue weighted by Crippen LogP contribution is 2.24. The minimum atomic E-state index is -0.419. The summed E-state index contributed by atoms with van der Waals surface area (Å²) in [5.41, 5.74) is 1.24. The standard InChI is InChI=1S/C21H31N5O2/c1-24(2)10-9-22-18-19(21(28)20(18)27)23-15-17(16-7-5-4-6-8-16)26-13-11-25(3)12-14-26/h4-8,17,22-23H,9-15H2,1-3H3/t17-/m1/s1. The van der Waals surface area contributed by atoms with Crippen molar-refractivity contribution in [3.05, 3.63) is 56.3 Å². The van der Waals surface area contributed by atoms with Crippen molar-refractivity contribution in [3.8, 4) is 0 Å². The summed E-state index contributed by atoms with van der Waals surface area (Å²) in [6.45, 7) is 6.05. The topological polar surface area (TPSA) is 67.9 Å². The molecule has 1 heterocycles. The van der Waals surface area contributed by atoms with Gasteiger partial charge in [-0.2, -0.15) is 0 Å². The van der Waals surface area contributed by atoms with E-state index in [9.17, 15) is 9.59 Å². The van der Waals surface area contributed by atoms with Gasteiger partial charge in [0.15, 0.2) is 0 Å². The zero-order valence-corrected chi connectivity index (χ0v) is 17.1. The van der Waals surface area contributed by atoms with Crippen molar-refractivity contribution in [1.29, 1.82) is 0 Å². The fraction of sp³-hybridized carbons (Fsp3) is 0.524. The third-order valence-electron chi connectivity index (χ3n) is 5.41.